The molecule has 17 heavy (non-hydrogen) atoms. The molecule has 3 N–H and O–H groups in total. The summed E-state index contributed by atoms with van der Waals surface area (Å²) in [4.78, 5) is 7.06. The minimum atomic E-state index is 0.466. The van der Waals surface area contributed by atoms with E-state index in [1.807, 2.05) is 0 Å². The monoisotopic (exact) mass is 240 g/mol. The van der Waals surface area contributed by atoms with Crippen molar-refractivity contribution in [1.29, 1.82) is 0 Å². The molecule has 1 rings (SSSR count). The smallest absolute Gasteiger partial charge is 0.208 e. The van der Waals surface area contributed by atoms with Gasteiger partial charge in [-0.3, -0.25) is 5.43 Å². The maximum absolute atomic E-state index is 5.64. The van der Waals surface area contributed by atoms with Gasteiger partial charge in [-0.15, -0.1) is 0 Å². The predicted octanol–water partition coefficient (Wildman–Crippen LogP) is 2.26. The molecule has 1 unspecified atom stereocenters. The maximum Gasteiger partial charge on any atom is 0.208 e. The molecule has 4 heteroatoms. The maximum atomic E-state index is 5.64. The Bertz CT molecular complexity index is 234. The number of guanidine groups is 1. The lowest BCUT2D eigenvalue weighted by atomic mass is 9.96. The highest BCUT2D eigenvalue weighted by molar-refractivity contribution is 5.79. The fraction of sp³-hybridized carbons (Fsp3) is 0.923. The highest BCUT2D eigenvalue weighted by Crippen LogP contribution is 2.20. The summed E-state index contributed by atoms with van der Waals surface area (Å²) < 4.78 is 0. The van der Waals surface area contributed by atoms with Crippen LogP contribution in [0.5, 0.6) is 0 Å². The van der Waals surface area contributed by atoms with Crippen molar-refractivity contribution in [3.63, 3.8) is 0 Å². The average Bonchev–Trinajstić information content (AvgIpc) is 2.39. The first kappa shape index (κ1) is 14.3. The van der Waals surface area contributed by atoms with Crippen LogP contribution in [-0.2, 0) is 0 Å². The Hall–Kier alpha value is -0.770. The van der Waals surface area contributed by atoms with Gasteiger partial charge in [-0.2, -0.15) is 0 Å². The van der Waals surface area contributed by atoms with E-state index in [1.54, 1.807) is 0 Å². The van der Waals surface area contributed by atoms with E-state index in [-0.39, 0.29) is 0 Å². The minimum Gasteiger partial charge on any atom is -0.340 e. The van der Waals surface area contributed by atoms with E-state index < -0.39 is 0 Å². The molecule has 0 heterocycles. The van der Waals surface area contributed by atoms with Crippen LogP contribution in [0.3, 0.4) is 0 Å². The lowest BCUT2D eigenvalue weighted by Crippen LogP contribution is -2.49. The van der Waals surface area contributed by atoms with Crippen molar-refractivity contribution in [2.75, 3.05) is 6.54 Å². The second-order valence-electron chi connectivity index (χ2n) is 4.93. The highest BCUT2D eigenvalue weighted by Gasteiger charge is 2.18. The topological polar surface area (TPSA) is 53.6 Å². The van der Waals surface area contributed by atoms with Crippen molar-refractivity contribution < 1.29 is 0 Å². The molecule has 1 aliphatic carbocycles. The van der Waals surface area contributed by atoms with Crippen LogP contribution < -0.4 is 11.3 Å². The summed E-state index contributed by atoms with van der Waals surface area (Å²) in [6.45, 7) is 7.52. The fourth-order valence-electron chi connectivity index (χ4n) is 2.47. The summed E-state index contributed by atoms with van der Waals surface area (Å²) >= 11 is 0. The number of nitrogens with one attached hydrogen (secondary N) is 1. The van der Waals surface area contributed by atoms with E-state index in [0.717, 1.165) is 18.9 Å². The van der Waals surface area contributed by atoms with E-state index in [1.165, 1.54) is 32.1 Å². The van der Waals surface area contributed by atoms with Gasteiger partial charge in [-0.1, -0.05) is 26.2 Å². The van der Waals surface area contributed by atoms with E-state index in [4.69, 9.17) is 10.8 Å². The SMILES string of the molecule is CCC(C)N(CC)C(=NC1CCCCC1)NN. The van der Waals surface area contributed by atoms with Crippen LogP contribution in [0.1, 0.15) is 59.3 Å². The highest BCUT2D eigenvalue weighted by atomic mass is 15.4. The molecule has 1 fully saturated rings. The molecular weight excluding hydrogens is 212 g/mol. The summed E-state index contributed by atoms with van der Waals surface area (Å²) in [6, 6.07) is 0.950. The van der Waals surface area contributed by atoms with E-state index in [9.17, 15) is 0 Å². The van der Waals surface area contributed by atoms with Crippen molar-refractivity contribution in [2.45, 2.75) is 71.4 Å². The molecule has 0 aromatic rings. The summed E-state index contributed by atoms with van der Waals surface area (Å²) in [5.74, 6) is 6.51. The van der Waals surface area contributed by atoms with Crippen molar-refractivity contribution in [1.82, 2.24) is 10.3 Å². The molecule has 1 aliphatic rings. The molecule has 0 amide bonds. The van der Waals surface area contributed by atoms with Crippen molar-refractivity contribution in [3.05, 3.63) is 0 Å². The van der Waals surface area contributed by atoms with Crippen LogP contribution in [0, 0.1) is 0 Å². The van der Waals surface area contributed by atoms with Crippen molar-refractivity contribution >= 4 is 5.96 Å². The first-order chi connectivity index (χ1) is 8.22. The molecule has 100 valence electrons. The van der Waals surface area contributed by atoms with Crippen molar-refractivity contribution in [2.24, 2.45) is 10.8 Å². The second-order valence-corrected chi connectivity index (χ2v) is 4.93. The Kier molecular flexibility index (Phi) is 6.34. The van der Waals surface area contributed by atoms with Crippen LogP contribution in [0.2, 0.25) is 0 Å². The third kappa shape index (κ3) is 4.19. The number of rotatable bonds is 4. The number of hydrazine groups is 1. The van der Waals surface area contributed by atoms with Gasteiger partial charge in [0, 0.05) is 12.6 Å². The summed E-state index contributed by atoms with van der Waals surface area (Å²) in [7, 11) is 0. The Morgan fingerprint density at radius 2 is 2.00 bits per heavy atom. The molecule has 0 aromatic carbocycles. The van der Waals surface area contributed by atoms with Gasteiger partial charge in [-0.25, -0.2) is 10.8 Å². The molecule has 0 spiro atoms. The molecule has 0 bridgehead atoms. The first-order valence-electron chi connectivity index (χ1n) is 7.03. The lowest BCUT2D eigenvalue weighted by molar-refractivity contribution is 0.320. The van der Waals surface area contributed by atoms with Gasteiger partial charge in [0.1, 0.15) is 0 Å². The number of hydrogen-bond acceptors (Lipinski definition) is 2. The van der Waals surface area contributed by atoms with E-state index >= 15 is 0 Å². The molecule has 1 saturated carbocycles. The summed E-state index contributed by atoms with van der Waals surface area (Å²) in [5.41, 5.74) is 2.79. The van der Waals surface area contributed by atoms with Crippen LogP contribution >= 0.6 is 0 Å². The van der Waals surface area contributed by atoms with Gasteiger partial charge >= 0.3 is 0 Å². The quantitative estimate of drug-likeness (QED) is 0.343. The zero-order chi connectivity index (χ0) is 12.7. The van der Waals surface area contributed by atoms with Gasteiger partial charge in [0.05, 0.1) is 6.04 Å². The molecule has 4 nitrogen and oxygen atoms in total. The summed E-state index contributed by atoms with van der Waals surface area (Å²) in [6.07, 6.45) is 7.51. The van der Waals surface area contributed by atoms with Gasteiger partial charge in [0.15, 0.2) is 0 Å². The number of nitrogens with zero attached hydrogens (tertiary/aromatic N) is 2. The Morgan fingerprint density at radius 1 is 1.35 bits per heavy atom. The lowest BCUT2D eigenvalue weighted by Gasteiger charge is -2.31. The van der Waals surface area contributed by atoms with Crippen LogP contribution in [0.25, 0.3) is 0 Å². The van der Waals surface area contributed by atoms with Crippen LogP contribution in [0.15, 0.2) is 4.99 Å². The average molecular weight is 240 g/mol. The minimum absolute atomic E-state index is 0.466. The second kappa shape index (κ2) is 7.54. The van der Waals surface area contributed by atoms with Crippen molar-refractivity contribution in [3.8, 4) is 0 Å². The molecule has 0 saturated heterocycles. The number of aliphatic imine (C=N–C) groups is 1. The Balaban J connectivity index is 2.68. The molecular formula is C13H28N4. The van der Waals surface area contributed by atoms with Gasteiger partial charge in [0.25, 0.3) is 0 Å². The van der Waals surface area contributed by atoms with E-state index in [2.05, 4.69) is 31.1 Å². The van der Waals surface area contributed by atoms with Crippen LogP contribution in [0.4, 0.5) is 0 Å². The largest absolute Gasteiger partial charge is 0.340 e. The standard InChI is InChI=1S/C13H28N4/c1-4-11(3)17(5-2)13(16-14)15-12-9-7-6-8-10-12/h11-12H,4-10,14H2,1-3H3,(H,15,16). The molecule has 0 radical (unpaired) electrons. The Labute approximate surface area is 106 Å². The fourth-order valence-corrected chi connectivity index (χ4v) is 2.47. The van der Waals surface area contributed by atoms with Gasteiger partial charge in [-0.05, 0) is 33.1 Å². The zero-order valence-electron chi connectivity index (χ0n) is 11.6. The number of nitrogens with two attached hydrogens (primary N) is 1. The van der Waals surface area contributed by atoms with Gasteiger partial charge < -0.3 is 4.90 Å². The molecule has 0 aliphatic heterocycles. The molecule has 0 aromatic heterocycles. The summed E-state index contributed by atoms with van der Waals surface area (Å²) in [5, 5.41) is 0. The zero-order valence-corrected chi connectivity index (χ0v) is 11.6. The van der Waals surface area contributed by atoms with E-state index in [0.29, 0.717) is 12.1 Å². The normalized spacial score (nSPS) is 20.1. The first-order valence-corrected chi connectivity index (χ1v) is 7.03. The third-order valence-electron chi connectivity index (χ3n) is 3.74. The third-order valence-corrected chi connectivity index (χ3v) is 3.74. The Morgan fingerprint density at radius 3 is 2.47 bits per heavy atom. The predicted molar refractivity (Wildman–Crippen MR) is 73.8 cm³/mol. The van der Waals surface area contributed by atoms with Crippen LogP contribution in [-0.4, -0.2) is 29.5 Å². The molecule has 1 atom stereocenters. The van der Waals surface area contributed by atoms with Gasteiger partial charge in [0.2, 0.25) is 5.96 Å². The number of hydrogen-bond donors (Lipinski definition) is 2.